The monoisotopic (exact) mass is 300 g/mol. The Hall–Kier alpha value is -1.97. The third-order valence-corrected chi connectivity index (χ3v) is 4.19. The molecule has 0 radical (unpaired) electrons. The van der Waals surface area contributed by atoms with E-state index in [1.807, 2.05) is 38.7 Å². The van der Waals surface area contributed by atoms with Crippen LogP contribution in [0.5, 0.6) is 5.75 Å². The summed E-state index contributed by atoms with van der Waals surface area (Å²) in [6, 6.07) is 6.14. The minimum atomic E-state index is -0.333. The average Bonchev–Trinajstić information content (AvgIpc) is 2.83. The molecular weight excluding hydrogens is 276 g/mol. The topological polar surface area (TPSA) is 45.3 Å². The Bertz CT molecular complexity index is 710. The van der Waals surface area contributed by atoms with Gasteiger partial charge in [0.1, 0.15) is 5.75 Å². The van der Waals surface area contributed by atoms with Crippen LogP contribution in [-0.2, 0) is 17.8 Å². The number of hydrogen-bond acceptors (Lipinski definition) is 2. The lowest BCUT2D eigenvalue weighted by atomic mass is 9.93. The van der Waals surface area contributed by atoms with Crippen molar-refractivity contribution in [2.75, 3.05) is 13.2 Å². The number of benzene rings is 1. The maximum Gasteiger partial charge on any atom is 0.228 e. The third-order valence-electron chi connectivity index (χ3n) is 4.19. The highest BCUT2D eigenvalue weighted by molar-refractivity contribution is 5.88. The molecule has 2 aromatic rings. The summed E-state index contributed by atoms with van der Waals surface area (Å²) in [6.07, 6.45) is 0.885. The highest BCUT2D eigenvalue weighted by atomic mass is 16.5. The highest BCUT2D eigenvalue weighted by Gasteiger charge is 2.30. The molecule has 0 spiro atoms. The van der Waals surface area contributed by atoms with Gasteiger partial charge in [-0.3, -0.25) is 4.79 Å². The molecule has 0 fully saturated rings. The number of carbonyl (C=O) groups excluding carboxylic acids is 1. The fraction of sp³-hybridized carbons (Fsp3) is 0.500. The lowest BCUT2D eigenvalue weighted by molar-refractivity contribution is -0.140. The molecule has 3 rings (SSSR count). The summed E-state index contributed by atoms with van der Waals surface area (Å²) in [6.45, 7) is 10.1. The summed E-state index contributed by atoms with van der Waals surface area (Å²) in [5.74, 6) is 1.10. The second kappa shape index (κ2) is 5.34. The van der Waals surface area contributed by atoms with E-state index in [0.29, 0.717) is 13.2 Å². The summed E-state index contributed by atoms with van der Waals surface area (Å²) in [5, 5.41) is 1.17. The molecule has 22 heavy (non-hydrogen) atoms. The molecule has 0 aliphatic carbocycles. The van der Waals surface area contributed by atoms with Crippen LogP contribution in [-0.4, -0.2) is 28.9 Å². The number of H-pyrrole nitrogens is 1. The second-order valence-corrected chi connectivity index (χ2v) is 6.95. The normalized spacial score (nSPS) is 15.0. The summed E-state index contributed by atoms with van der Waals surface area (Å²) in [4.78, 5) is 18.0. The first-order valence-corrected chi connectivity index (χ1v) is 7.96. The molecular formula is C18H24N2O2. The molecule has 1 aromatic heterocycles. The fourth-order valence-corrected chi connectivity index (χ4v) is 3.10. The number of nitrogens with zero attached hydrogens (tertiary/aromatic N) is 1. The molecule has 0 saturated carbocycles. The van der Waals surface area contributed by atoms with E-state index in [0.717, 1.165) is 24.2 Å². The van der Waals surface area contributed by atoms with Crippen LogP contribution in [0.25, 0.3) is 10.9 Å². The summed E-state index contributed by atoms with van der Waals surface area (Å²) >= 11 is 0. The van der Waals surface area contributed by atoms with Crippen LogP contribution in [0.4, 0.5) is 0 Å². The van der Waals surface area contributed by atoms with Crippen LogP contribution in [0.1, 0.15) is 39.0 Å². The zero-order valence-electron chi connectivity index (χ0n) is 13.8. The molecule has 4 heteroatoms. The minimum Gasteiger partial charge on any atom is -0.494 e. The zero-order valence-corrected chi connectivity index (χ0v) is 13.8. The number of carbonyl (C=O) groups is 1. The Morgan fingerprint density at radius 2 is 2.14 bits per heavy atom. The van der Waals surface area contributed by atoms with Crippen LogP contribution in [0.2, 0.25) is 0 Å². The fourth-order valence-electron chi connectivity index (χ4n) is 3.10. The van der Waals surface area contributed by atoms with Gasteiger partial charge in [-0.05, 0) is 25.1 Å². The largest absolute Gasteiger partial charge is 0.494 e. The van der Waals surface area contributed by atoms with Gasteiger partial charge in [-0.2, -0.15) is 0 Å². The summed E-state index contributed by atoms with van der Waals surface area (Å²) in [5.41, 5.74) is 3.28. The van der Waals surface area contributed by atoms with E-state index in [4.69, 9.17) is 4.74 Å². The average molecular weight is 300 g/mol. The summed E-state index contributed by atoms with van der Waals surface area (Å²) < 4.78 is 5.61. The molecule has 0 saturated heterocycles. The van der Waals surface area contributed by atoms with Gasteiger partial charge >= 0.3 is 0 Å². The predicted octanol–water partition coefficient (Wildman–Crippen LogP) is 3.50. The molecule has 0 atom stereocenters. The van der Waals surface area contributed by atoms with Gasteiger partial charge in [-0.1, -0.05) is 20.8 Å². The van der Waals surface area contributed by atoms with E-state index in [1.165, 1.54) is 16.6 Å². The molecule has 118 valence electrons. The van der Waals surface area contributed by atoms with Crippen LogP contribution < -0.4 is 4.74 Å². The van der Waals surface area contributed by atoms with Crippen molar-refractivity contribution in [2.24, 2.45) is 5.41 Å². The van der Waals surface area contributed by atoms with Gasteiger partial charge in [0, 0.05) is 47.1 Å². The Morgan fingerprint density at radius 3 is 2.82 bits per heavy atom. The molecule has 1 aromatic carbocycles. The van der Waals surface area contributed by atoms with E-state index in [2.05, 4.69) is 17.1 Å². The maximum absolute atomic E-state index is 12.5. The number of fused-ring (bicyclic) bond motifs is 3. The molecule has 1 N–H and O–H groups in total. The highest BCUT2D eigenvalue weighted by Crippen LogP contribution is 2.32. The number of aromatic nitrogens is 1. The van der Waals surface area contributed by atoms with Crippen molar-refractivity contribution in [3.05, 3.63) is 29.5 Å². The quantitative estimate of drug-likeness (QED) is 0.922. The van der Waals surface area contributed by atoms with Crippen molar-refractivity contribution in [1.29, 1.82) is 0 Å². The molecule has 1 aliphatic heterocycles. The van der Waals surface area contributed by atoms with Gasteiger partial charge in [0.05, 0.1) is 6.61 Å². The molecule has 2 heterocycles. The van der Waals surface area contributed by atoms with E-state index < -0.39 is 0 Å². The smallest absolute Gasteiger partial charge is 0.228 e. The van der Waals surface area contributed by atoms with Crippen molar-refractivity contribution >= 4 is 16.8 Å². The Kier molecular flexibility index (Phi) is 3.63. The van der Waals surface area contributed by atoms with Gasteiger partial charge < -0.3 is 14.6 Å². The Balaban J connectivity index is 1.96. The standard InChI is InChI=1S/C18H24N2O2/c1-5-22-12-6-7-15-13(10-12)14-11-20(9-8-16(14)19-15)17(21)18(2,3)4/h6-7,10,19H,5,8-9,11H2,1-4H3. The molecule has 0 unspecified atom stereocenters. The summed E-state index contributed by atoms with van der Waals surface area (Å²) in [7, 11) is 0. The van der Waals surface area contributed by atoms with Crippen molar-refractivity contribution in [3.8, 4) is 5.75 Å². The van der Waals surface area contributed by atoms with Crippen LogP contribution in [0, 0.1) is 5.41 Å². The minimum absolute atomic E-state index is 0.216. The number of hydrogen-bond donors (Lipinski definition) is 1. The first-order valence-electron chi connectivity index (χ1n) is 7.96. The third kappa shape index (κ3) is 2.58. The molecule has 1 aliphatic rings. The van der Waals surface area contributed by atoms with Gasteiger partial charge in [0.25, 0.3) is 0 Å². The number of amides is 1. The van der Waals surface area contributed by atoms with Crippen molar-refractivity contribution in [3.63, 3.8) is 0 Å². The lowest BCUT2D eigenvalue weighted by Crippen LogP contribution is -2.42. The van der Waals surface area contributed by atoms with Gasteiger partial charge in [-0.25, -0.2) is 0 Å². The molecule has 1 amide bonds. The number of aromatic amines is 1. The van der Waals surface area contributed by atoms with Gasteiger partial charge in [0.15, 0.2) is 0 Å². The first-order chi connectivity index (χ1) is 10.4. The lowest BCUT2D eigenvalue weighted by Gasteiger charge is -2.32. The SMILES string of the molecule is CCOc1ccc2[nH]c3c(c2c1)CN(C(=O)C(C)(C)C)CC3. The van der Waals surface area contributed by atoms with Crippen LogP contribution in [0.15, 0.2) is 18.2 Å². The Labute approximate surface area is 131 Å². The van der Waals surface area contributed by atoms with Gasteiger partial charge in [-0.15, -0.1) is 0 Å². The predicted molar refractivity (Wildman–Crippen MR) is 88.0 cm³/mol. The van der Waals surface area contributed by atoms with Crippen molar-refractivity contribution < 1.29 is 9.53 Å². The van der Waals surface area contributed by atoms with E-state index >= 15 is 0 Å². The maximum atomic E-state index is 12.5. The van der Waals surface area contributed by atoms with E-state index in [1.54, 1.807) is 0 Å². The number of ether oxygens (including phenoxy) is 1. The first kappa shape index (κ1) is 14.9. The van der Waals surface area contributed by atoms with Gasteiger partial charge in [0.2, 0.25) is 5.91 Å². The van der Waals surface area contributed by atoms with E-state index in [9.17, 15) is 4.79 Å². The molecule has 0 bridgehead atoms. The van der Waals surface area contributed by atoms with E-state index in [-0.39, 0.29) is 11.3 Å². The molecule has 4 nitrogen and oxygen atoms in total. The number of nitrogens with one attached hydrogen (secondary N) is 1. The van der Waals surface area contributed by atoms with Crippen LogP contribution >= 0.6 is 0 Å². The zero-order chi connectivity index (χ0) is 15.9. The Morgan fingerprint density at radius 1 is 1.36 bits per heavy atom. The number of rotatable bonds is 2. The van der Waals surface area contributed by atoms with Crippen molar-refractivity contribution in [1.82, 2.24) is 9.88 Å². The second-order valence-electron chi connectivity index (χ2n) is 6.95. The van der Waals surface area contributed by atoms with Crippen molar-refractivity contribution in [2.45, 2.75) is 40.7 Å². The van der Waals surface area contributed by atoms with Crippen LogP contribution in [0.3, 0.4) is 0 Å².